The Labute approximate surface area is 141 Å². The summed E-state index contributed by atoms with van der Waals surface area (Å²) < 4.78 is 0. The summed E-state index contributed by atoms with van der Waals surface area (Å²) in [6, 6.07) is 7.65. The fraction of sp³-hybridized carbons (Fsp3) is 0.562. The van der Waals surface area contributed by atoms with Gasteiger partial charge < -0.3 is 10.2 Å². The fourth-order valence-corrected chi connectivity index (χ4v) is 3.58. The van der Waals surface area contributed by atoms with Crippen LogP contribution >= 0.6 is 12.4 Å². The molecule has 1 N–H and O–H groups in total. The van der Waals surface area contributed by atoms with E-state index in [4.69, 9.17) is 0 Å². The van der Waals surface area contributed by atoms with Gasteiger partial charge in [-0.2, -0.15) is 0 Å². The molecule has 0 spiro atoms. The highest BCUT2D eigenvalue weighted by Gasteiger charge is 2.36. The Bertz CT molecular complexity index is 566. The van der Waals surface area contributed by atoms with E-state index in [9.17, 15) is 14.9 Å². The van der Waals surface area contributed by atoms with E-state index in [1.54, 1.807) is 12.1 Å². The van der Waals surface area contributed by atoms with Crippen molar-refractivity contribution in [1.82, 2.24) is 10.2 Å². The lowest BCUT2D eigenvalue weighted by molar-refractivity contribution is -0.384. The Hall–Kier alpha value is -1.66. The van der Waals surface area contributed by atoms with Crippen LogP contribution in [-0.4, -0.2) is 40.9 Å². The molecular weight excluding hydrogens is 318 g/mol. The third kappa shape index (κ3) is 4.00. The maximum atomic E-state index is 12.4. The summed E-state index contributed by atoms with van der Waals surface area (Å²) in [4.78, 5) is 24.5. The summed E-state index contributed by atoms with van der Waals surface area (Å²) in [5, 5.41) is 14.2. The zero-order chi connectivity index (χ0) is 15.7. The summed E-state index contributed by atoms with van der Waals surface area (Å²) in [5.74, 6) is 0.0835. The Kier molecular flexibility index (Phi) is 5.59. The number of hydrogen-bond acceptors (Lipinski definition) is 4. The van der Waals surface area contributed by atoms with Gasteiger partial charge in [0, 0.05) is 37.3 Å². The first-order chi connectivity index (χ1) is 10.5. The number of halogens is 1. The van der Waals surface area contributed by atoms with Crippen molar-refractivity contribution in [2.45, 2.75) is 50.2 Å². The van der Waals surface area contributed by atoms with Crippen molar-refractivity contribution in [3.8, 4) is 0 Å². The molecule has 2 aliphatic heterocycles. The molecule has 3 rings (SSSR count). The molecule has 0 aromatic heterocycles. The maximum absolute atomic E-state index is 12.4. The normalized spacial score (nSPS) is 25.5. The van der Waals surface area contributed by atoms with E-state index in [1.165, 1.54) is 25.0 Å². The molecule has 0 radical (unpaired) electrons. The quantitative estimate of drug-likeness (QED) is 0.674. The highest BCUT2D eigenvalue weighted by molar-refractivity contribution is 5.85. The molecule has 2 fully saturated rings. The maximum Gasteiger partial charge on any atom is 0.269 e. The standard InChI is InChI=1S/C16H21N3O3.ClH/c1-18(15-9-12-4-5-13(10-15)17-12)16(20)8-11-2-6-14(7-3-11)19(21)22;/h2-3,6-7,12-13,15,17H,4-5,8-10H2,1H3;1H. The van der Waals surface area contributed by atoms with Crippen molar-refractivity contribution in [1.29, 1.82) is 0 Å². The van der Waals surface area contributed by atoms with Gasteiger partial charge in [-0.25, -0.2) is 0 Å². The number of fused-ring (bicyclic) bond motifs is 2. The van der Waals surface area contributed by atoms with E-state index in [0.717, 1.165) is 18.4 Å². The molecule has 126 valence electrons. The summed E-state index contributed by atoms with van der Waals surface area (Å²) in [5.41, 5.74) is 0.874. The van der Waals surface area contributed by atoms with E-state index >= 15 is 0 Å². The Morgan fingerprint density at radius 2 is 1.83 bits per heavy atom. The largest absolute Gasteiger partial charge is 0.342 e. The Morgan fingerprint density at radius 1 is 1.26 bits per heavy atom. The minimum absolute atomic E-state index is 0. The number of likely N-dealkylation sites (N-methyl/N-ethyl adjacent to an activating group) is 1. The zero-order valence-corrected chi connectivity index (χ0v) is 13.9. The Balaban J connectivity index is 0.00000192. The monoisotopic (exact) mass is 339 g/mol. The molecule has 2 aliphatic rings. The van der Waals surface area contributed by atoms with Crippen molar-refractivity contribution in [3.05, 3.63) is 39.9 Å². The Morgan fingerprint density at radius 3 is 2.35 bits per heavy atom. The van der Waals surface area contributed by atoms with Crippen LogP contribution in [0.15, 0.2) is 24.3 Å². The second-order valence-corrected chi connectivity index (χ2v) is 6.37. The number of piperidine rings is 1. The van der Waals surface area contributed by atoms with Gasteiger partial charge in [0.1, 0.15) is 0 Å². The molecule has 2 atom stereocenters. The van der Waals surface area contributed by atoms with Crippen LogP contribution in [-0.2, 0) is 11.2 Å². The lowest BCUT2D eigenvalue weighted by Crippen LogP contribution is -2.49. The van der Waals surface area contributed by atoms with Gasteiger partial charge in [-0.05, 0) is 31.2 Å². The second kappa shape index (κ2) is 7.27. The number of nitro groups is 1. The van der Waals surface area contributed by atoms with Crippen LogP contribution in [0.2, 0.25) is 0 Å². The minimum Gasteiger partial charge on any atom is -0.342 e. The molecule has 1 aromatic rings. The van der Waals surface area contributed by atoms with Crippen LogP contribution in [0.25, 0.3) is 0 Å². The van der Waals surface area contributed by atoms with Crippen molar-refractivity contribution in [2.75, 3.05) is 7.05 Å². The first-order valence-corrected chi connectivity index (χ1v) is 7.78. The van der Waals surface area contributed by atoms with Gasteiger partial charge in [0.2, 0.25) is 5.91 Å². The van der Waals surface area contributed by atoms with Crippen molar-refractivity contribution >= 4 is 24.0 Å². The molecule has 0 aliphatic carbocycles. The van der Waals surface area contributed by atoms with Crippen molar-refractivity contribution in [2.24, 2.45) is 0 Å². The molecule has 1 aromatic carbocycles. The number of carbonyl (C=O) groups excluding carboxylic acids is 1. The summed E-state index contributed by atoms with van der Waals surface area (Å²) in [6.45, 7) is 0. The number of carbonyl (C=O) groups is 1. The van der Waals surface area contributed by atoms with Gasteiger partial charge >= 0.3 is 0 Å². The third-order valence-electron chi connectivity index (χ3n) is 4.89. The average molecular weight is 340 g/mol. The third-order valence-corrected chi connectivity index (χ3v) is 4.89. The highest BCUT2D eigenvalue weighted by atomic mass is 35.5. The number of nitrogens with zero attached hydrogens (tertiary/aromatic N) is 2. The van der Waals surface area contributed by atoms with Crippen LogP contribution in [0.3, 0.4) is 0 Å². The highest BCUT2D eigenvalue weighted by Crippen LogP contribution is 2.29. The molecule has 7 heteroatoms. The topological polar surface area (TPSA) is 75.5 Å². The zero-order valence-electron chi connectivity index (χ0n) is 13.1. The lowest BCUT2D eigenvalue weighted by Gasteiger charge is -2.35. The first kappa shape index (κ1) is 17.7. The van der Waals surface area contributed by atoms with Crippen molar-refractivity contribution < 1.29 is 9.72 Å². The number of nitro benzene ring substituents is 1. The van der Waals surface area contributed by atoms with Gasteiger partial charge in [0.15, 0.2) is 0 Å². The molecule has 6 nitrogen and oxygen atoms in total. The fourth-order valence-electron chi connectivity index (χ4n) is 3.58. The molecular formula is C16H22ClN3O3. The van der Waals surface area contributed by atoms with Gasteiger partial charge in [0.25, 0.3) is 5.69 Å². The molecule has 1 amide bonds. The van der Waals surface area contributed by atoms with Gasteiger partial charge in [0.05, 0.1) is 11.3 Å². The first-order valence-electron chi connectivity index (χ1n) is 7.78. The van der Waals surface area contributed by atoms with Crippen molar-refractivity contribution in [3.63, 3.8) is 0 Å². The lowest BCUT2D eigenvalue weighted by atomic mass is 9.98. The summed E-state index contributed by atoms with van der Waals surface area (Å²) >= 11 is 0. The number of benzene rings is 1. The number of amides is 1. The van der Waals surface area contributed by atoms with Gasteiger partial charge in [-0.15, -0.1) is 12.4 Å². The predicted molar refractivity (Wildman–Crippen MR) is 89.8 cm³/mol. The van der Waals surface area contributed by atoms with Crippen LogP contribution in [0.5, 0.6) is 0 Å². The number of nitrogens with one attached hydrogen (secondary N) is 1. The molecule has 23 heavy (non-hydrogen) atoms. The number of non-ortho nitro benzene ring substituents is 1. The SMILES string of the molecule is CN(C(=O)Cc1ccc([N+](=O)[O-])cc1)C1CC2CCC(C1)N2.Cl. The predicted octanol–water partition coefficient (Wildman–Crippen LogP) is 2.30. The second-order valence-electron chi connectivity index (χ2n) is 6.37. The molecule has 0 saturated carbocycles. The van der Waals surface area contributed by atoms with Crippen LogP contribution < -0.4 is 5.32 Å². The molecule has 2 bridgehead atoms. The smallest absolute Gasteiger partial charge is 0.269 e. The van der Waals surface area contributed by atoms with Crippen LogP contribution in [0, 0.1) is 10.1 Å². The summed E-state index contributed by atoms with van der Waals surface area (Å²) in [7, 11) is 1.88. The molecule has 2 unspecified atom stereocenters. The van der Waals surface area contributed by atoms with E-state index in [2.05, 4.69) is 5.32 Å². The molecule has 2 heterocycles. The summed E-state index contributed by atoms with van der Waals surface area (Å²) in [6.07, 6.45) is 4.78. The van der Waals surface area contributed by atoms with E-state index in [0.29, 0.717) is 24.5 Å². The van der Waals surface area contributed by atoms with Crippen LogP contribution in [0.4, 0.5) is 5.69 Å². The minimum atomic E-state index is -0.428. The van der Waals surface area contributed by atoms with E-state index in [1.807, 2.05) is 11.9 Å². The van der Waals surface area contributed by atoms with E-state index < -0.39 is 4.92 Å². The molecule has 2 saturated heterocycles. The van der Waals surface area contributed by atoms with E-state index in [-0.39, 0.29) is 24.0 Å². The number of rotatable bonds is 4. The van der Waals surface area contributed by atoms with Gasteiger partial charge in [-0.3, -0.25) is 14.9 Å². The average Bonchev–Trinajstić information content (AvgIpc) is 2.85. The number of hydrogen-bond donors (Lipinski definition) is 1. The van der Waals surface area contributed by atoms with Crippen LogP contribution in [0.1, 0.15) is 31.2 Å². The van der Waals surface area contributed by atoms with Gasteiger partial charge in [-0.1, -0.05) is 12.1 Å².